The summed E-state index contributed by atoms with van der Waals surface area (Å²) in [5, 5.41) is 6.66. The van der Waals surface area contributed by atoms with E-state index in [2.05, 4.69) is 25.6 Å². The number of fused-ring (bicyclic) bond motifs is 2. The van der Waals surface area contributed by atoms with E-state index >= 15 is 0 Å². The number of anilines is 2. The average molecular weight is 482 g/mol. The van der Waals surface area contributed by atoms with E-state index in [1.165, 1.54) is 12.1 Å². The lowest BCUT2D eigenvalue weighted by atomic mass is 10.1. The van der Waals surface area contributed by atoms with E-state index in [9.17, 15) is 13.2 Å². The van der Waals surface area contributed by atoms with Crippen LogP contribution in [0.2, 0.25) is 0 Å². The molecule has 1 fully saturated rings. The Kier molecular flexibility index (Phi) is 5.12. The third-order valence-corrected chi connectivity index (χ3v) is 5.90. The summed E-state index contributed by atoms with van der Waals surface area (Å²) in [5.41, 5.74) is 2.23. The van der Waals surface area contributed by atoms with Crippen molar-refractivity contribution in [3.63, 3.8) is 0 Å². The Morgan fingerprint density at radius 2 is 1.74 bits per heavy atom. The highest BCUT2D eigenvalue weighted by molar-refractivity contribution is 5.84. The second kappa shape index (κ2) is 8.33. The summed E-state index contributed by atoms with van der Waals surface area (Å²) in [6.45, 7) is 1.01. The second-order valence-electron chi connectivity index (χ2n) is 8.59. The standard InChI is InChI=1S/C24H21F3N6O2/c25-24(26,27)16-4-1-14(2-5-16)11-33-12-29-20-21(30-17-6-7-17)31-23(32-22(20)33)28-10-15-3-8-18-19(9-15)35-13-34-18/h1-5,8-9,12,17H,6-7,10-11,13H2,(H2,28,30,31,32). The lowest BCUT2D eigenvalue weighted by Crippen LogP contribution is -2.10. The fourth-order valence-corrected chi connectivity index (χ4v) is 3.89. The van der Waals surface area contributed by atoms with Crippen molar-refractivity contribution >= 4 is 22.9 Å². The maximum Gasteiger partial charge on any atom is 0.416 e. The Morgan fingerprint density at radius 3 is 2.51 bits per heavy atom. The van der Waals surface area contributed by atoms with Gasteiger partial charge >= 0.3 is 6.18 Å². The Balaban J connectivity index is 1.27. The zero-order valence-electron chi connectivity index (χ0n) is 18.5. The van der Waals surface area contributed by atoms with Crippen LogP contribution in [0.25, 0.3) is 11.2 Å². The maximum atomic E-state index is 12.9. The first-order valence-electron chi connectivity index (χ1n) is 11.2. The van der Waals surface area contributed by atoms with Crippen molar-refractivity contribution in [2.75, 3.05) is 17.4 Å². The Labute approximate surface area is 198 Å². The monoisotopic (exact) mass is 482 g/mol. The van der Waals surface area contributed by atoms with Gasteiger partial charge in [-0.15, -0.1) is 0 Å². The zero-order valence-corrected chi connectivity index (χ0v) is 18.5. The molecule has 6 rings (SSSR count). The molecule has 8 nitrogen and oxygen atoms in total. The second-order valence-corrected chi connectivity index (χ2v) is 8.59. The number of aromatic nitrogens is 4. The molecular weight excluding hydrogens is 461 g/mol. The van der Waals surface area contributed by atoms with E-state index in [1.54, 1.807) is 6.33 Å². The molecule has 4 aromatic rings. The third-order valence-electron chi connectivity index (χ3n) is 5.90. The molecule has 2 N–H and O–H groups in total. The van der Waals surface area contributed by atoms with Crippen LogP contribution in [0.3, 0.4) is 0 Å². The number of benzene rings is 2. The van der Waals surface area contributed by atoms with Gasteiger partial charge in [-0.3, -0.25) is 0 Å². The summed E-state index contributed by atoms with van der Waals surface area (Å²) in [6.07, 6.45) is -0.596. The van der Waals surface area contributed by atoms with Crippen LogP contribution in [0.15, 0.2) is 48.8 Å². The molecule has 0 saturated heterocycles. The number of nitrogens with zero attached hydrogens (tertiary/aromatic N) is 4. The van der Waals surface area contributed by atoms with Gasteiger partial charge in [-0.1, -0.05) is 18.2 Å². The fourth-order valence-electron chi connectivity index (χ4n) is 3.89. The van der Waals surface area contributed by atoms with E-state index in [0.29, 0.717) is 53.4 Å². The number of imidazole rings is 1. The molecule has 1 aliphatic heterocycles. The van der Waals surface area contributed by atoms with Gasteiger partial charge in [-0.05, 0) is 48.2 Å². The van der Waals surface area contributed by atoms with Gasteiger partial charge in [0.1, 0.15) is 0 Å². The first-order valence-corrected chi connectivity index (χ1v) is 11.2. The quantitative estimate of drug-likeness (QED) is 0.391. The Morgan fingerprint density at radius 1 is 0.971 bits per heavy atom. The van der Waals surface area contributed by atoms with Gasteiger partial charge in [0.15, 0.2) is 28.5 Å². The van der Waals surface area contributed by atoms with Gasteiger partial charge in [-0.2, -0.15) is 23.1 Å². The third kappa shape index (κ3) is 4.53. The minimum atomic E-state index is -4.37. The summed E-state index contributed by atoms with van der Waals surface area (Å²) in [4.78, 5) is 13.8. The molecule has 0 amide bonds. The molecule has 2 aromatic heterocycles. The summed E-state index contributed by atoms with van der Waals surface area (Å²) in [7, 11) is 0. The van der Waals surface area contributed by atoms with Gasteiger partial charge in [-0.25, -0.2) is 4.98 Å². The highest BCUT2D eigenvalue weighted by Crippen LogP contribution is 2.33. The van der Waals surface area contributed by atoms with Gasteiger partial charge in [0.25, 0.3) is 0 Å². The molecule has 35 heavy (non-hydrogen) atoms. The minimum Gasteiger partial charge on any atom is -0.454 e. The number of hydrogen-bond donors (Lipinski definition) is 2. The number of alkyl halides is 3. The lowest BCUT2D eigenvalue weighted by molar-refractivity contribution is -0.137. The van der Waals surface area contributed by atoms with E-state index in [1.807, 2.05) is 22.8 Å². The number of halogens is 3. The molecule has 1 aliphatic carbocycles. The van der Waals surface area contributed by atoms with Crippen LogP contribution in [0.1, 0.15) is 29.5 Å². The first kappa shape index (κ1) is 21.5. The van der Waals surface area contributed by atoms with E-state index in [4.69, 9.17) is 9.47 Å². The van der Waals surface area contributed by atoms with Crippen molar-refractivity contribution < 1.29 is 22.6 Å². The van der Waals surface area contributed by atoms with Gasteiger partial charge in [0.2, 0.25) is 12.7 Å². The number of nitrogens with one attached hydrogen (secondary N) is 2. The van der Waals surface area contributed by atoms with Gasteiger partial charge < -0.3 is 24.7 Å². The maximum absolute atomic E-state index is 12.9. The van der Waals surface area contributed by atoms with Crippen LogP contribution in [-0.4, -0.2) is 32.4 Å². The summed E-state index contributed by atoms with van der Waals surface area (Å²) in [6, 6.07) is 11.2. The lowest BCUT2D eigenvalue weighted by Gasteiger charge is -2.11. The molecule has 180 valence electrons. The number of rotatable bonds is 7. The molecule has 0 spiro atoms. The predicted octanol–water partition coefficient (Wildman–Crippen LogP) is 4.81. The highest BCUT2D eigenvalue weighted by atomic mass is 19.4. The van der Waals surface area contributed by atoms with Crippen LogP contribution >= 0.6 is 0 Å². The topological polar surface area (TPSA) is 86.1 Å². The van der Waals surface area contributed by atoms with Crippen LogP contribution in [-0.2, 0) is 19.3 Å². The van der Waals surface area contributed by atoms with Crippen LogP contribution < -0.4 is 20.1 Å². The molecule has 1 saturated carbocycles. The molecule has 11 heteroatoms. The molecule has 0 bridgehead atoms. The van der Waals surface area contributed by atoms with E-state index in [-0.39, 0.29) is 6.79 Å². The summed E-state index contributed by atoms with van der Waals surface area (Å²) >= 11 is 0. The molecule has 0 radical (unpaired) electrons. The highest BCUT2D eigenvalue weighted by Gasteiger charge is 2.30. The number of ether oxygens (including phenoxy) is 2. The van der Waals surface area contributed by atoms with Gasteiger partial charge in [0, 0.05) is 12.6 Å². The van der Waals surface area contributed by atoms with Crippen molar-refractivity contribution in [1.82, 2.24) is 19.5 Å². The van der Waals surface area contributed by atoms with Crippen LogP contribution in [0.4, 0.5) is 24.9 Å². The molecule has 3 heterocycles. The Bertz CT molecular complexity index is 1380. The van der Waals surface area contributed by atoms with Crippen molar-refractivity contribution in [2.45, 2.75) is 38.1 Å². The van der Waals surface area contributed by atoms with E-state index < -0.39 is 11.7 Å². The van der Waals surface area contributed by atoms with Crippen molar-refractivity contribution in [1.29, 1.82) is 0 Å². The van der Waals surface area contributed by atoms with Crippen molar-refractivity contribution in [3.8, 4) is 11.5 Å². The predicted molar refractivity (Wildman–Crippen MR) is 122 cm³/mol. The largest absolute Gasteiger partial charge is 0.454 e. The molecule has 2 aliphatic rings. The summed E-state index contributed by atoms with van der Waals surface area (Å²) < 4.78 is 51.3. The summed E-state index contributed by atoms with van der Waals surface area (Å²) in [5.74, 6) is 2.48. The zero-order chi connectivity index (χ0) is 24.0. The molecule has 0 unspecified atom stereocenters. The average Bonchev–Trinajstić information content (AvgIpc) is 3.37. The van der Waals surface area contributed by atoms with Crippen molar-refractivity contribution in [2.24, 2.45) is 0 Å². The number of hydrogen-bond acceptors (Lipinski definition) is 7. The van der Waals surface area contributed by atoms with Crippen molar-refractivity contribution in [3.05, 3.63) is 65.5 Å². The van der Waals surface area contributed by atoms with Crippen LogP contribution in [0, 0.1) is 0 Å². The van der Waals surface area contributed by atoms with Crippen LogP contribution in [0.5, 0.6) is 11.5 Å². The molecule has 0 atom stereocenters. The SMILES string of the molecule is FC(F)(F)c1ccc(Cn2cnc3c(NC4CC4)nc(NCc4ccc5c(c4)OCO5)nc32)cc1. The van der Waals surface area contributed by atoms with E-state index in [0.717, 1.165) is 36.3 Å². The molecular formula is C24H21F3N6O2. The normalized spacial score (nSPS) is 14.9. The fraction of sp³-hybridized carbons (Fsp3) is 0.292. The first-order chi connectivity index (χ1) is 16.9. The Hall–Kier alpha value is -4.02. The minimum absolute atomic E-state index is 0.213. The molecule has 2 aromatic carbocycles. The smallest absolute Gasteiger partial charge is 0.416 e. The van der Waals surface area contributed by atoms with Gasteiger partial charge in [0.05, 0.1) is 18.4 Å².